The predicted octanol–water partition coefficient (Wildman–Crippen LogP) is 4.70. The molecule has 1 aliphatic rings. The number of halogens is 2. The van der Waals surface area contributed by atoms with Crippen molar-refractivity contribution in [1.29, 1.82) is 0 Å². The molecule has 6 nitrogen and oxygen atoms in total. The van der Waals surface area contributed by atoms with Crippen LogP contribution in [0.1, 0.15) is 20.7 Å². The quantitative estimate of drug-likeness (QED) is 0.590. The average Bonchev–Trinajstić information content (AvgIpc) is 2.84. The number of hydrogen-bond donors (Lipinski definition) is 1. The van der Waals surface area contributed by atoms with Crippen molar-refractivity contribution < 1.29 is 18.7 Å². The molecule has 8 heteroatoms. The number of anilines is 2. The lowest BCUT2D eigenvalue weighted by Crippen LogP contribution is -2.49. The Bertz CT molecular complexity index is 1160. The van der Waals surface area contributed by atoms with Crippen LogP contribution in [0.15, 0.2) is 66.7 Å². The summed E-state index contributed by atoms with van der Waals surface area (Å²) in [4.78, 5) is 29.2. The minimum absolute atomic E-state index is 0.0740. The average molecular weight is 468 g/mol. The number of benzene rings is 3. The number of hydrogen-bond acceptors (Lipinski definition) is 4. The molecule has 0 spiro atoms. The second kappa shape index (κ2) is 9.92. The minimum Gasteiger partial charge on any atom is -0.497 e. The first-order valence-corrected chi connectivity index (χ1v) is 10.9. The van der Waals surface area contributed by atoms with Gasteiger partial charge in [-0.2, -0.15) is 0 Å². The Hall–Kier alpha value is -3.58. The van der Waals surface area contributed by atoms with Gasteiger partial charge in [0.05, 0.1) is 24.0 Å². The lowest BCUT2D eigenvalue weighted by molar-refractivity contribution is 0.0742. The van der Waals surface area contributed by atoms with Gasteiger partial charge in [0.15, 0.2) is 0 Å². The minimum atomic E-state index is -0.522. The van der Waals surface area contributed by atoms with Crippen LogP contribution in [0, 0.1) is 5.82 Å². The van der Waals surface area contributed by atoms with Crippen LogP contribution in [0.4, 0.5) is 15.8 Å². The molecule has 4 rings (SSSR count). The summed E-state index contributed by atoms with van der Waals surface area (Å²) in [5, 5.41) is 3.43. The molecule has 2 amide bonds. The van der Waals surface area contributed by atoms with Crippen LogP contribution in [0.25, 0.3) is 0 Å². The highest BCUT2D eigenvalue weighted by Gasteiger charge is 2.25. The lowest BCUT2D eigenvalue weighted by Gasteiger charge is -2.37. The van der Waals surface area contributed by atoms with Crippen molar-refractivity contribution in [3.8, 4) is 5.75 Å². The van der Waals surface area contributed by atoms with E-state index in [1.54, 1.807) is 60.5 Å². The highest BCUT2D eigenvalue weighted by Crippen LogP contribution is 2.31. The third kappa shape index (κ3) is 5.09. The number of methoxy groups -OCH3 is 1. The highest BCUT2D eigenvalue weighted by molar-refractivity contribution is 6.31. The molecule has 1 aliphatic heterocycles. The fourth-order valence-electron chi connectivity index (χ4n) is 3.78. The summed E-state index contributed by atoms with van der Waals surface area (Å²) in [6.45, 7) is 1.93. The van der Waals surface area contributed by atoms with Gasteiger partial charge in [0.1, 0.15) is 11.6 Å². The molecular formula is C25H23ClFN3O3. The number of piperazine rings is 1. The van der Waals surface area contributed by atoms with Gasteiger partial charge in [0.2, 0.25) is 0 Å². The molecule has 0 radical (unpaired) electrons. The molecule has 0 saturated carbocycles. The summed E-state index contributed by atoms with van der Waals surface area (Å²) >= 11 is 6.20. The Morgan fingerprint density at radius 1 is 0.970 bits per heavy atom. The zero-order valence-electron chi connectivity index (χ0n) is 18.1. The molecule has 1 N–H and O–H groups in total. The molecule has 170 valence electrons. The van der Waals surface area contributed by atoms with E-state index >= 15 is 0 Å². The van der Waals surface area contributed by atoms with E-state index in [4.69, 9.17) is 16.3 Å². The number of nitrogens with one attached hydrogen (secondary N) is 1. The van der Waals surface area contributed by atoms with Gasteiger partial charge >= 0.3 is 0 Å². The molecule has 0 atom stereocenters. The second-order valence-electron chi connectivity index (χ2n) is 7.60. The van der Waals surface area contributed by atoms with Crippen molar-refractivity contribution in [3.63, 3.8) is 0 Å². The van der Waals surface area contributed by atoms with Crippen LogP contribution in [0.2, 0.25) is 5.02 Å². The largest absolute Gasteiger partial charge is 0.497 e. The van der Waals surface area contributed by atoms with Crippen LogP contribution < -0.4 is 15.0 Å². The van der Waals surface area contributed by atoms with Crippen LogP contribution in [0.5, 0.6) is 5.75 Å². The summed E-state index contributed by atoms with van der Waals surface area (Å²) in [5.41, 5.74) is 1.95. The zero-order valence-corrected chi connectivity index (χ0v) is 18.8. The Morgan fingerprint density at radius 2 is 1.67 bits per heavy atom. The normalized spacial score (nSPS) is 13.5. The fraction of sp³-hybridized carbons (Fsp3) is 0.200. The smallest absolute Gasteiger partial charge is 0.256 e. The number of ether oxygens (including phenoxy) is 1. The number of carbonyl (C=O) groups excluding carboxylic acids is 2. The van der Waals surface area contributed by atoms with E-state index in [1.165, 1.54) is 12.1 Å². The standard InChI is InChI=1S/C25H23ClFN3O3/c1-33-19-9-6-17(7-10-19)24(31)28-22-16-18(26)8-11-23(22)29-12-14-30(15-13-29)25(32)20-4-2-3-5-21(20)27/h2-11,16H,12-15H2,1H3,(H,28,31). The molecule has 33 heavy (non-hydrogen) atoms. The molecule has 3 aromatic rings. The van der Waals surface area contributed by atoms with Crippen LogP contribution in [-0.4, -0.2) is 50.0 Å². The maximum Gasteiger partial charge on any atom is 0.256 e. The number of nitrogens with zero attached hydrogens (tertiary/aromatic N) is 2. The third-order valence-corrected chi connectivity index (χ3v) is 5.81. The highest BCUT2D eigenvalue weighted by atomic mass is 35.5. The lowest BCUT2D eigenvalue weighted by atomic mass is 10.1. The molecule has 1 saturated heterocycles. The van der Waals surface area contributed by atoms with Gasteiger partial charge in [-0.15, -0.1) is 0 Å². The van der Waals surface area contributed by atoms with Gasteiger partial charge in [-0.05, 0) is 54.6 Å². The Balaban J connectivity index is 1.47. The van der Waals surface area contributed by atoms with Crippen molar-refractivity contribution in [2.24, 2.45) is 0 Å². The Morgan fingerprint density at radius 3 is 2.33 bits per heavy atom. The second-order valence-corrected chi connectivity index (χ2v) is 8.04. The first-order chi connectivity index (χ1) is 16.0. The summed E-state index contributed by atoms with van der Waals surface area (Å²) in [6, 6.07) is 18.1. The molecule has 1 fully saturated rings. The maximum absolute atomic E-state index is 14.0. The van der Waals surface area contributed by atoms with Gasteiger partial charge in [0.25, 0.3) is 11.8 Å². The van der Waals surface area contributed by atoms with Gasteiger partial charge in [0, 0.05) is 36.8 Å². The Labute approximate surface area is 196 Å². The van der Waals surface area contributed by atoms with E-state index in [-0.39, 0.29) is 17.4 Å². The van der Waals surface area contributed by atoms with Crippen LogP contribution >= 0.6 is 11.6 Å². The topological polar surface area (TPSA) is 61.9 Å². The van der Waals surface area contributed by atoms with Crippen molar-refractivity contribution >= 4 is 34.8 Å². The van der Waals surface area contributed by atoms with Crippen LogP contribution in [0.3, 0.4) is 0 Å². The first kappa shape index (κ1) is 22.6. The molecule has 0 unspecified atom stereocenters. The summed E-state index contributed by atoms with van der Waals surface area (Å²) < 4.78 is 19.2. The van der Waals surface area contributed by atoms with Gasteiger partial charge in [-0.3, -0.25) is 9.59 Å². The van der Waals surface area contributed by atoms with Crippen molar-refractivity contribution in [2.75, 3.05) is 43.5 Å². The zero-order chi connectivity index (χ0) is 23.4. The van der Waals surface area contributed by atoms with E-state index in [0.29, 0.717) is 48.2 Å². The van der Waals surface area contributed by atoms with Gasteiger partial charge in [-0.1, -0.05) is 23.7 Å². The molecule has 0 aliphatic carbocycles. The SMILES string of the molecule is COc1ccc(C(=O)Nc2cc(Cl)ccc2N2CCN(C(=O)c3ccccc3F)CC2)cc1. The monoisotopic (exact) mass is 467 g/mol. The predicted molar refractivity (Wildman–Crippen MR) is 127 cm³/mol. The summed E-state index contributed by atoms with van der Waals surface area (Å²) in [7, 11) is 1.57. The molecule has 1 heterocycles. The number of carbonyl (C=O) groups is 2. The molecule has 3 aromatic carbocycles. The Kier molecular flexibility index (Phi) is 6.79. The maximum atomic E-state index is 14.0. The van der Waals surface area contributed by atoms with E-state index in [1.807, 2.05) is 6.07 Å². The molecular weight excluding hydrogens is 445 g/mol. The van der Waals surface area contributed by atoms with Crippen molar-refractivity contribution in [1.82, 2.24) is 4.90 Å². The van der Waals surface area contributed by atoms with E-state index in [0.717, 1.165) is 5.69 Å². The number of amides is 2. The van der Waals surface area contributed by atoms with Gasteiger partial charge in [-0.25, -0.2) is 4.39 Å². The summed E-state index contributed by atoms with van der Waals surface area (Å²) in [6.07, 6.45) is 0. The van der Waals surface area contributed by atoms with E-state index < -0.39 is 5.82 Å². The van der Waals surface area contributed by atoms with E-state index in [9.17, 15) is 14.0 Å². The number of rotatable bonds is 5. The van der Waals surface area contributed by atoms with E-state index in [2.05, 4.69) is 10.2 Å². The summed E-state index contributed by atoms with van der Waals surface area (Å²) in [5.74, 6) is -0.449. The molecule has 0 aromatic heterocycles. The fourth-order valence-corrected chi connectivity index (χ4v) is 3.95. The third-order valence-electron chi connectivity index (χ3n) is 5.57. The van der Waals surface area contributed by atoms with Crippen LogP contribution in [-0.2, 0) is 0 Å². The van der Waals surface area contributed by atoms with Crippen molar-refractivity contribution in [3.05, 3.63) is 88.7 Å². The van der Waals surface area contributed by atoms with Gasteiger partial charge < -0.3 is 19.9 Å². The van der Waals surface area contributed by atoms with Crippen molar-refractivity contribution in [2.45, 2.75) is 0 Å². The first-order valence-electron chi connectivity index (χ1n) is 10.5. The molecule has 0 bridgehead atoms.